The number of nitrogens with zero attached hydrogens (tertiary/aromatic N) is 3. The maximum atomic E-state index is 10.6. The van der Waals surface area contributed by atoms with Crippen molar-refractivity contribution in [2.24, 2.45) is 0 Å². The molecule has 0 bridgehead atoms. The first-order valence-electron chi connectivity index (χ1n) is 5.99. The van der Waals surface area contributed by atoms with Crippen molar-refractivity contribution in [3.63, 3.8) is 0 Å². The maximum Gasteiger partial charge on any atom is 0.313 e. The van der Waals surface area contributed by atoms with E-state index in [0.717, 1.165) is 24.5 Å². The lowest BCUT2D eigenvalue weighted by molar-refractivity contribution is -0.133. The van der Waals surface area contributed by atoms with Crippen molar-refractivity contribution in [1.29, 1.82) is 0 Å². The highest BCUT2D eigenvalue weighted by Crippen LogP contribution is 2.45. The Labute approximate surface area is 115 Å². The van der Waals surface area contributed by atoms with Crippen LogP contribution < -0.4 is 0 Å². The Hall–Kier alpha value is -0.690. The molecule has 0 aliphatic carbocycles. The topological polar surface area (TPSA) is 68.0 Å². The van der Waals surface area contributed by atoms with Gasteiger partial charge in [0.25, 0.3) is 0 Å². The third-order valence-electron chi connectivity index (χ3n) is 3.05. The second-order valence-corrected chi connectivity index (χ2v) is 6.96. The molecule has 1 atom stereocenters. The predicted octanol–water partition coefficient (Wildman–Crippen LogP) is 2.22. The van der Waals surface area contributed by atoms with Gasteiger partial charge in [-0.05, 0) is 32.4 Å². The molecule has 2 rings (SSSR count). The summed E-state index contributed by atoms with van der Waals surface area (Å²) in [6, 6.07) is 0. The highest BCUT2D eigenvalue weighted by molar-refractivity contribution is 8.00. The van der Waals surface area contributed by atoms with E-state index in [0.29, 0.717) is 5.16 Å². The third kappa shape index (κ3) is 2.66. The lowest BCUT2D eigenvalue weighted by atomic mass is 10.1. The zero-order valence-electron chi connectivity index (χ0n) is 10.5. The highest BCUT2D eigenvalue weighted by Gasteiger charge is 2.36. The molecule has 2 heterocycles. The van der Waals surface area contributed by atoms with Crippen LogP contribution in [0, 0.1) is 0 Å². The van der Waals surface area contributed by atoms with Gasteiger partial charge in [-0.3, -0.25) is 4.79 Å². The summed E-state index contributed by atoms with van der Waals surface area (Å²) in [5, 5.41) is 17.9. The monoisotopic (exact) mass is 287 g/mol. The Morgan fingerprint density at radius 1 is 1.61 bits per heavy atom. The van der Waals surface area contributed by atoms with Crippen LogP contribution in [0.1, 0.15) is 32.5 Å². The molecule has 1 aromatic rings. The molecule has 0 saturated carbocycles. The van der Waals surface area contributed by atoms with Crippen LogP contribution in [0.2, 0.25) is 0 Å². The van der Waals surface area contributed by atoms with Gasteiger partial charge in [-0.15, -0.1) is 22.0 Å². The van der Waals surface area contributed by atoms with E-state index in [9.17, 15) is 4.79 Å². The Kier molecular flexibility index (Phi) is 4.21. The molecular weight excluding hydrogens is 270 g/mol. The molecule has 0 radical (unpaired) electrons. The predicted molar refractivity (Wildman–Crippen MR) is 73.1 cm³/mol. The van der Waals surface area contributed by atoms with E-state index in [1.807, 2.05) is 23.3 Å². The Balaban J connectivity index is 2.24. The number of carboxylic acids is 1. The van der Waals surface area contributed by atoms with Gasteiger partial charge in [0.05, 0.1) is 10.5 Å². The molecule has 1 aliphatic rings. The van der Waals surface area contributed by atoms with Gasteiger partial charge in [-0.1, -0.05) is 11.8 Å². The van der Waals surface area contributed by atoms with Gasteiger partial charge in [0, 0.05) is 6.54 Å². The summed E-state index contributed by atoms with van der Waals surface area (Å²) >= 11 is 3.15. The van der Waals surface area contributed by atoms with Crippen LogP contribution in [0.4, 0.5) is 0 Å². The molecule has 100 valence electrons. The van der Waals surface area contributed by atoms with Crippen molar-refractivity contribution in [1.82, 2.24) is 14.8 Å². The van der Waals surface area contributed by atoms with E-state index in [1.54, 1.807) is 0 Å². The first-order valence-corrected chi connectivity index (χ1v) is 7.96. The number of hydrogen-bond donors (Lipinski definition) is 1. The summed E-state index contributed by atoms with van der Waals surface area (Å²) in [5.74, 6) is 1.35. The number of hydrogen-bond acceptors (Lipinski definition) is 5. The molecule has 1 aromatic heterocycles. The van der Waals surface area contributed by atoms with E-state index < -0.39 is 5.97 Å². The van der Waals surface area contributed by atoms with Crippen molar-refractivity contribution in [3.05, 3.63) is 5.82 Å². The van der Waals surface area contributed by atoms with E-state index in [2.05, 4.69) is 17.1 Å². The SMILES string of the molecule is CCn1c(SCC(=O)O)nnc1C1(C)CCCS1. The van der Waals surface area contributed by atoms with E-state index in [4.69, 9.17) is 5.11 Å². The highest BCUT2D eigenvalue weighted by atomic mass is 32.2. The van der Waals surface area contributed by atoms with Gasteiger partial charge < -0.3 is 9.67 Å². The minimum absolute atomic E-state index is 0.0298. The number of thioether (sulfide) groups is 2. The molecule has 0 aromatic carbocycles. The molecule has 1 unspecified atom stereocenters. The smallest absolute Gasteiger partial charge is 0.313 e. The van der Waals surface area contributed by atoms with Crippen molar-refractivity contribution in [2.75, 3.05) is 11.5 Å². The number of carboxylic acid groups (broad SMARTS) is 1. The quantitative estimate of drug-likeness (QED) is 0.838. The molecule has 5 nitrogen and oxygen atoms in total. The molecule has 0 amide bonds. The Bertz CT molecular complexity index is 441. The zero-order valence-corrected chi connectivity index (χ0v) is 12.2. The summed E-state index contributed by atoms with van der Waals surface area (Å²) < 4.78 is 2.08. The fraction of sp³-hybridized carbons (Fsp3) is 0.727. The summed E-state index contributed by atoms with van der Waals surface area (Å²) in [5.41, 5.74) is 0. The standard InChI is InChI=1S/C11H17N3O2S2/c1-3-14-9(11(2)5-4-6-18-11)12-13-10(14)17-7-8(15)16/h3-7H2,1-2H3,(H,15,16). The van der Waals surface area contributed by atoms with Gasteiger partial charge in [0.1, 0.15) is 5.82 Å². The van der Waals surface area contributed by atoms with Gasteiger partial charge in [-0.2, -0.15) is 0 Å². The summed E-state index contributed by atoms with van der Waals surface area (Å²) in [7, 11) is 0. The average Bonchev–Trinajstić information content (AvgIpc) is 2.92. The van der Waals surface area contributed by atoms with Crippen molar-refractivity contribution in [2.45, 2.75) is 43.1 Å². The average molecular weight is 287 g/mol. The molecule has 7 heteroatoms. The van der Waals surface area contributed by atoms with Crippen LogP contribution in [0.3, 0.4) is 0 Å². The number of aliphatic carboxylic acids is 1. The van der Waals surface area contributed by atoms with Crippen LogP contribution >= 0.6 is 23.5 Å². The summed E-state index contributed by atoms with van der Waals surface area (Å²) in [6.07, 6.45) is 2.31. The van der Waals surface area contributed by atoms with Gasteiger partial charge >= 0.3 is 5.97 Å². The Morgan fingerprint density at radius 2 is 2.39 bits per heavy atom. The lowest BCUT2D eigenvalue weighted by Crippen LogP contribution is -2.20. The summed E-state index contributed by atoms with van der Waals surface area (Å²) in [6.45, 7) is 5.02. The first-order chi connectivity index (χ1) is 8.57. The first kappa shape index (κ1) is 13.7. The fourth-order valence-electron chi connectivity index (χ4n) is 2.15. The third-order valence-corrected chi connectivity index (χ3v) is 5.52. The van der Waals surface area contributed by atoms with Gasteiger partial charge in [-0.25, -0.2) is 0 Å². The van der Waals surface area contributed by atoms with Crippen molar-refractivity contribution in [3.8, 4) is 0 Å². The van der Waals surface area contributed by atoms with Crippen LogP contribution in [0.5, 0.6) is 0 Å². The minimum Gasteiger partial charge on any atom is -0.481 e. The Morgan fingerprint density at radius 3 is 2.94 bits per heavy atom. The number of carbonyl (C=O) groups is 1. The molecule has 0 spiro atoms. The van der Waals surface area contributed by atoms with Crippen LogP contribution in [0.25, 0.3) is 0 Å². The molecule has 1 fully saturated rings. The molecule has 1 aliphatic heterocycles. The minimum atomic E-state index is -0.825. The molecule has 18 heavy (non-hydrogen) atoms. The van der Waals surface area contributed by atoms with E-state index in [1.165, 1.54) is 18.2 Å². The van der Waals surface area contributed by atoms with Crippen molar-refractivity contribution < 1.29 is 9.90 Å². The zero-order chi connectivity index (χ0) is 13.2. The van der Waals surface area contributed by atoms with Crippen LogP contribution in [-0.2, 0) is 16.1 Å². The second-order valence-electron chi connectivity index (χ2n) is 4.42. The fourth-order valence-corrected chi connectivity index (χ4v) is 4.18. The van der Waals surface area contributed by atoms with E-state index >= 15 is 0 Å². The van der Waals surface area contributed by atoms with E-state index in [-0.39, 0.29) is 10.5 Å². The normalized spacial score (nSPS) is 23.4. The maximum absolute atomic E-state index is 10.6. The lowest BCUT2D eigenvalue weighted by Gasteiger charge is -2.22. The summed E-state index contributed by atoms with van der Waals surface area (Å²) in [4.78, 5) is 10.6. The van der Waals surface area contributed by atoms with Crippen LogP contribution in [-0.4, -0.2) is 37.3 Å². The molecule has 1 saturated heterocycles. The van der Waals surface area contributed by atoms with Crippen LogP contribution in [0.15, 0.2) is 5.16 Å². The molecular formula is C11H17N3O2S2. The number of aromatic nitrogens is 3. The molecule has 1 N–H and O–H groups in total. The second kappa shape index (κ2) is 5.52. The van der Waals surface area contributed by atoms with Gasteiger partial charge in [0.15, 0.2) is 5.16 Å². The van der Waals surface area contributed by atoms with Crippen molar-refractivity contribution >= 4 is 29.5 Å². The van der Waals surface area contributed by atoms with Gasteiger partial charge in [0.2, 0.25) is 0 Å². The number of rotatable bonds is 5. The largest absolute Gasteiger partial charge is 0.481 e.